The molecule has 0 fully saturated rings. The Bertz CT molecular complexity index is 716. The fourth-order valence-electron chi connectivity index (χ4n) is 2.10. The van der Waals surface area contributed by atoms with Gasteiger partial charge in [-0.3, -0.25) is 0 Å². The largest absolute Gasteiger partial charge is 0.200 e. The molecule has 1 aliphatic rings. The lowest BCUT2D eigenvalue weighted by molar-refractivity contribution is 0.667. The van der Waals surface area contributed by atoms with E-state index in [-0.39, 0.29) is 0 Å². The Morgan fingerprint density at radius 2 is 1.14 bits per heavy atom. The van der Waals surface area contributed by atoms with Gasteiger partial charge in [-0.2, -0.15) is 0 Å². The molecule has 1 heterocycles. The minimum absolute atomic E-state index is 0.889. The highest BCUT2D eigenvalue weighted by molar-refractivity contribution is 5.82. The molecule has 0 N–H and O–H groups in total. The molecular weight excluding hydrogens is 260 g/mol. The van der Waals surface area contributed by atoms with Gasteiger partial charge in [-0.15, -0.1) is 4.91 Å². The molecule has 4 rings (SSSR count). The minimum atomic E-state index is 0.889. The van der Waals surface area contributed by atoms with Crippen molar-refractivity contribution in [2.75, 3.05) is 0 Å². The van der Waals surface area contributed by atoms with Gasteiger partial charge in [0.1, 0.15) is 0 Å². The molecule has 102 valence electrons. The van der Waals surface area contributed by atoms with Crippen molar-refractivity contribution in [1.82, 2.24) is 5.01 Å². The lowest BCUT2D eigenvalue weighted by Gasteiger charge is -1.92. The lowest BCUT2D eigenvalue weighted by atomic mass is 10.1. The van der Waals surface area contributed by atoms with Crippen molar-refractivity contribution < 1.29 is 0 Å². The van der Waals surface area contributed by atoms with E-state index in [0.717, 1.165) is 11.3 Å². The molecule has 0 unspecified atom stereocenters. The number of nitroso groups, excluding NO2 is 1. The number of benzene rings is 3. The van der Waals surface area contributed by atoms with E-state index in [9.17, 15) is 4.91 Å². The molecule has 3 aromatic rings. The molecule has 0 radical (unpaired) electrons. The molecule has 21 heavy (non-hydrogen) atoms. The van der Waals surface area contributed by atoms with Gasteiger partial charge in [0.15, 0.2) is 0 Å². The van der Waals surface area contributed by atoms with Crippen LogP contribution in [-0.2, 0) is 0 Å². The summed E-state index contributed by atoms with van der Waals surface area (Å²) in [5.74, 6) is 0. The third kappa shape index (κ3) is 3.15. The van der Waals surface area contributed by atoms with Crippen molar-refractivity contribution in [2.45, 2.75) is 0 Å². The Balaban J connectivity index is 0.000000126. The third-order valence-electron chi connectivity index (χ3n) is 3.24. The van der Waals surface area contributed by atoms with Crippen LogP contribution in [0.5, 0.6) is 0 Å². The van der Waals surface area contributed by atoms with Crippen molar-refractivity contribution in [3.8, 4) is 0 Å². The minimum Gasteiger partial charge on any atom is -0.200 e. The first-order valence-corrected chi connectivity index (χ1v) is 6.72. The highest BCUT2D eigenvalue weighted by Gasteiger charge is 2.22. The highest BCUT2D eigenvalue weighted by atomic mass is 16.3. The standard InChI is InChI=1S/C10H8.C8H6N2O/c1-2-6-10-8-4-3-7-9(10)5-1;11-9-10-6-8(10)7-4-2-1-3-5-7/h1-8H;1-6H. The van der Waals surface area contributed by atoms with Crippen LogP contribution in [0.3, 0.4) is 0 Å². The maximum absolute atomic E-state index is 9.97. The zero-order chi connectivity index (χ0) is 14.5. The molecule has 0 bridgehead atoms. The van der Waals surface area contributed by atoms with Crippen molar-refractivity contribution >= 4 is 16.5 Å². The second-order valence-corrected chi connectivity index (χ2v) is 4.65. The van der Waals surface area contributed by atoms with Gasteiger partial charge in [-0.05, 0) is 10.8 Å². The van der Waals surface area contributed by atoms with Crippen LogP contribution in [0.1, 0.15) is 5.56 Å². The second kappa shape index (κ2) is 6.01. The summed E-state index contributed by atoms with van der Waals surface area (Å²) in [6, 6.07) is 26.4. The van der Waals surface area contributed by atoms with Crippen LogP contribution in [0.2, 0.25) is 0 Å². The molecule has 0 spiro atoms. The van der Waals surface area contributed by atoms with Crippen molar-refractivity contribution in [3.05, 3.63) is 95.5 Å². The summed E-state index contributed by atoms with van der Waals surface area (Å²) in [7, 11) is 0. The van der Waals surface area contributed by atoms with Crippen LogP contribution in [0.4, 0.5) is 0 Å². The van der Waals surface area contributed by atoms with E-state index in [2.05, 4.69) is 53.8 Å². The molecule has 3 heteroatoms. The molecule has 0 aromatic heterocycles. The first-order chi connectivity index (χ1) is 10.4. The van der Waals surface area contributed by atoms with Gasteiger partial charge < -0.3 is 0 Å². The number of nitrogens with zero attached hydrogens (tertiary/aromatic N) is 2. The average molecular weight is 274 g/mol. The molecule has 0 saturated carbocycles. The molecular formula is C18H14N2O. The van der Waals surface area contributed by atoms with Crippen LogP contribution in [0.15, 0.2) is 90.3 Å². The summed E-state index contributed by atoms with van der Waals surface area (Å²) in [5.41, 5.74) is 1.92. The first kappa shape index (κ1) is 13.1. The van der Waals surface area contributed by atoms with E-state index < -0.39 is 0 Å². The van der Waals surface area contributed by atoms with Gasteiger partial charge >= 0.3 is 0 Å². The number of hydrogen-bond acceptors (Lipinski definition) is 2. The lowest BCUT2D eigenvalue weighted by Crippen LogP contribution is -1.84. The van der Waals surface area contributed by atoms with E-state index in [1.807, 2.05) is 30.3 Å². The maximum atomic E-state index is 9.97. The molecule has 0 amide bonds. The molecule has 3 aromatic carbocycles. The van der Waals surface area contributed by atoms with Crippen LogP contribution in [0.25, 0.3) is 16.5 Å². The van der Waals surface area contributed by atoms with E-state index >= 15 is 0 Å². The van der Waals surface area contributed by atoms with Gasteiger partial charge in [0.2, 0.25) is 0 Å². The Hall–Kier alpha value is -2.94. The zero-order valence-electron chi connectivity index (χ0n) is 11.4. The first-order valence-electron chi connectivity index (χ1n) is 6.72. The average Bonchev–Trinajstić information content (AvgIpc) is 3.36. The number of rotatable bonds is 2. The summed E-state index contributed by atoms with van der Waals surface area (Å²) in [6.07, 6.45) is 1.70. The Morgan fingerprint density at radius 1 is 0.667 bits per heavy atom. The Kier molecular flexibility index (Phi) is 3.74. The molecule has 1 aliphatic heterocycles. The molecule has 0 aliphatic carbocycles. The monoisotopic (exact) mass is 274 g/mol. The topological polar surface area (TPSA) is 32.4 Å². The Morgan fingerprint density at radius 3 is 1.57 bits per heavy atom. The maximum Gasteiger partial charge on any atom is 0.0935 e. The fraction of sp³-hybridized carbons (Fsp3) is 0. The molecule has 0 atom stereocenters. The third-order valence-corrected chi connectivity index (χ3v) is 3.24. The van der Waals surface area contributed by atoms with Crippen LogP contribution in [-0.4, -0.2) is 5.01 Å². The molecule has 0 saturated heterocycles. The van der Waals surface area contributed by atoms with Gasteiger partial charge in [0.25, 0.3) is 0 Å². The number of hydrogen-bond donors (Lipinski definition) is 0. The van der Waals surface area contributed by atoms with Gasteiger partial charge in [-0.25, -0.2) is 5.01 Å². The fourth-order valence-corrected chi connectivity index (χ4v) is 2.10. The zero-order valence-corrected chi connectivity index (χ0v) is 11.4. The van der Waals surface area contributed by atoms with Gasteiger partial charge in [0, 0.05) is 5.56 Å². The summed E-state index contributed by atoms with van der Waals surface area (Å²) in [5, 5.41) is 6.68. The van der Waals surface area contributed by atoms with Gasteiger partial charge in [-0.1, -0.05) is 78.9 Å². The van der Waals surface area contributed by atoms with E-state index in [0.29, 0.717) is 0 Å². The van der Waals surface area contributed by atoms with E-state index in [4.69, 9.17) is 0 Å². The highest BCUT2D eigenvalue weighted by Crippen LogP contribution is 2.31. The summed E-state index contributed by atoms with van der Waals surface area (Å²) >= 11 is 0. The van der Waals surface area contributed by atoms with Crippen LogP contribution < -0.4 is 0 Å². The van der Waals surface area contributed by atoms with Crippen LogP contribution >= 0.6 is 0 Å². The smallest absolute Gasteiger partial charge is 0.0935 e. The predicted octanol–water partition coefficient (Wildman–Crippen LogP) is 4.82. The molecule has 3 nitrogen and oxygen atoms in total. The van der Waals surface area contributed by atoms with Crippen molar-refractivity contribution in [1.29, 1.82) is 0 Å². The number of fused-ring (bicyclic) bond motifs is 1. The Labute approximate surface area is 123 Å². The van der Waals surface area contributed by atoms with E-state index in [1.165, 1.54) is 15.8 Å². The van der Waals surface area contributed by atoms with Crippen molar-refractivity contribution in [3.63, 3.8) is 0 Å². The van der Waals surface area contributed by atoms with E-state index in [1.54, 1.807) is 6.20 Å². The summed E-state index contributed by atoms with van der Waals surface area (Å²) in [4.78, 5) is 9.97. The summed E-state index contributed by atoms with van der Waals surface area (Å²) in [6.45, 7) is 0. The SMILES string of the molecule is O=NN1C=C1c1ccccc1.c1ccc2ccccc2c1. The van der Waals surface area contributed by atoms with Crippen LogP contribution in [0, 0.1) is 4.91 Å². The van der Waals surface area contributed by atoms with Gasteiger partial charge in [0.05, 0.1) is 17.2 Å². The normalized spacial score (nSPS) is 12.2. The second-order valence-electron chi connectivity index (χ2n) is 4.65. The summed E-state index contributed by atoms with van der Waals surface area (Å²) < 4.78 is 0. The quantitative estimate of drug-likeness (QED) is 0.627. The predicted molar refractivity (Wildman–Crippen MR) is 86.0 cm³/mol. The van der Waals surface area contributed by atoms with Crippen molar-refractivity contribution in [2.24, 2.45) is 5.29 Å².